The van der Waals surface area contributed by atoms with E-state index in [1.807, 2.05) is 0 Å². The van der Waals surface area contributed by atoms with E-state index in [1.165, 1.54) is 0 Å². The van der Waals surface area contributed by atoms with Crippen molar-refractivity contribution in [2.45, 2.75) is 33.2 Å². The zero-order valence-electron chi connectivity index (χ0n) is 7.52. The Hall–Kier alpha value is -0.0800. The molecule has 0 aromatic carbocycles. The van der Waals surface area contributed by atoms with Crippen molar-refractivity contribution in [3.63, 3.8) is 0 Å². The van der Waals surface area contributed by atoms with Crippen molar-refractivity contribution >= 4 is 0 Å². The van der Waals surface area contributed by atoms with Gasteiger partial charge in [0.1, 0.15) is 0 Å². The molecule has 1 N–H and O–H groups in total. The predicted molar refractivity (Wildman–Crippen MR) is 44.1 cm³/mol. The van der Waals surface area contributed by atoms with Gasteiger partial charge in [-0.1, -0.05) is 13.8 Å². The standard InChI is InChI=1S/C8H19NO/c1-5-9(6-2)8(3,4)7-10/h10H,5-7H2,1-4H3. The highest BCUT2D eigenvalue weighted by Gasteiger charge is 2.22. The first-order chi connectivity index (χ1) is 4.58. The average Bonchev–Trinajstić information content (AvgIpc) is 1.90. The minimum absolute atomic E-state index is 0.0521. The third-order valence-corrected chi connectivity index (χ3v) is 2.01. The van der Waals surface area contributed by atoms with E-state index in [9.17, 15) is 0 Å². The molecule has 0 saturated heterocycles. The third kappa shape index (κ3) is 2.27. The van der Waals surface area contributed by atoms with E-state index in [0.717, 1.165) is 13.1 Å². The molecule has 0 heterocycles. The molecule has 62 valence electrons. The van der Waals surface area contributed by atoms with Gasteiger partial charge in [-0.05, 0) is 26.9 Å². The first-order valence-corrected chi connectivity index (χ1v) is 3.94. The van der Waals surface area contributed by atoms with E-state index in [4.69, 9.17) is 5.11 Å². The van der Waals surface area contributed by atoms with Crippen LogP contribution in [0.3, 0.4) is 0 Å². The lowest BCUT2D eigenvalue weighted by atomic mass is 10.0. The topological polar surface area (TPSA) is 23.5 Å². The summed E-state index contributed by atoms with van der Waals surface area (Å²) in [7, 11) is 0. The number of hydrogen-bond acceptors (Lipinski definition) is 2. The van der Waals surface area contributed by atoms with Crippen LogP contribution in [0.4, 0.5) is 0 Å². The molecule has 0 aliphatic carbocycles. The van der Waals surface area contributed by atoms with Crippen molar-refractivity contribution in [1.82, 2.24) is 4.90 Å². The summed E-state index contributed by atoms with van der Waals surface area (Å²) in [6, 6.07) is 0. The highest BCUT2D eigenvalue weighted by Crippen LogP contribution is 2.11. The molecule has 0 aromatic rings. The molecule has 0 bridgehead atoms. The second-order valence-electron chi connectivity index (χ2n) is 3.14. The smallest absolute Gasteiger partial charge is 0.0610 e. The van der Waals surface area contributed by atoms with Crippen LogP contribution in [-0.2, 0) is 0 Å². The Kier molecular flexibility index (Phi) is 3.91. The number of aliphatic hydroxyl groups excluding tert-OH is 1. The molecule has 0 aromatic heterocycles. The van der Waals surface area contributed by atoms with Crippen LogP contribution in [0.15, 0.2) is 0 Å². The maximum absolute atomic E-state index is 8.98. The largest absolute Gasteiger partial charge is 0.394 e. The lowest BCUT2D eigenvalue weighted by molar-refractivity contribution is 0.0660. The molecular weight excluding hydrogens is 126 g/mol. The maximum Gasteiger partial charge on any atom is 0.0610 e. The number of rotatable bonds is 4. The fraction of sp³-hybridized carbons (Fsp3) is 1.00. The zero-order valence-corrected chi connectivity index (χ0v) is 7.52. The van der Waals surface area contributed by atoms with Gasteiger partial charge < -0.3 is 5.11 Å². The second kappa shape index (κ2) is 3.94. The molecule has 0 aliphatic rings. The van der Waals surface area contributed by atoms with Gasteiger partial charge >= 0.3 is 0 Å². The Labute approximate surface area is 63.8 Å². The van der Waals surface area contributed by atoms with Crippen LogP contribution in [0.2, 0.25) is 0 Å². The molecule has 0 atom stereocenters. The monoisotopic (exact) mass is 145 g/mol. The molecule has 0 unspecified atom stereocenters. The van der Waals surface area contributed by atoms with Gasteiger partial charge in [0.25, 0.3) is 0 Å². The van der Waals surface area contributed by atoms with Crippen LogP contribution in [0.25, 0.3) is 0 Å². The van der Waals surface area contributed by atoms with Gasteiger partial charge in [0.2, 0.25) is 0 Å². The van der Waals surface area contributed by atoms with Gasteiger partial charge in [-0.25, -0.2) is 0 Å². The van der Waals surface area contributed by atoms with Crippen molar-refractivity contribution in [2.24, 2.45) is 0 Å². The molecule has 0 spiro atoms. The van der Waals surface area contributed by atoms with E-state index in [1.54, 1.807) is 0 Å². The number of aliphatic hydroxyl groups is 1. The van der Waals surface area contributed by atoms with Crippen molar-refractivity contribution < 1.29 is 5.11 Å². The molecule has 0 fully saturated rings. The van der Waals surface area contributed by atoms with Crippen LogP contribution < -0.4 is 0 Å². The normalized spacial score (nSPS) is 12.6. The van der Waals surface area contributed by atoms with Crippen LogP contribution in [-0.4, -0.2) is 35.2 Å². The van der Waals surface area contributed by atoms with Crippen molar-refractivity contribution in [1.29, 1.82) is 0 Å². The highest BCUT2D eigenvalue weighted by atomic mass is 16.3. The van der Waals surface area contributed by atoms with E-state index >= 15 is 0 Å². The van der Waals surface area contributed by atoms with Gasteiger partial charge in [0, 0.05) is 5.54 Å². The Balaban J connectivity index is 3.97. The van der Waals surface area contributed by atoms with Crippen LogP contribution >= 0.6 is 0 Å². The molecular formula is C8H19NO. The summed E-state index contributed by atoms with van der Waals surface area (Å²) >= 11 is 0. The molecule has 2 nitrogen and oxygen atoms in total. The van der Waals surface area contributed by atoms with Crippen LogP contribution in [0.5, 0.6) is 0 Å². The summed E-state index contributed by atoms with van der Waals surface area (Å²) in [5.74, 6) is 0. The summed E-state index contributed by atoms with van der Waals surface area (Å²) in [6.45, 7) is 10.6. The summed E-state index contributed by atoms with van der Waals surface area (Å²) in [6.07, 6.45) is 0. The minimum Gasteiger partial charge on any atom is -0.394 e. The molecule has 0 aliphatic heterocycles. The molecule has 0 rings (SSSR count). The fourth-order valence-electron chi connectivity index (χ4n) is 1.18. The Morgan fingerprint density at radius 2 is 1.60 bits per heavy atom. The summed E-state index contributed by atoms with van der Waals surface area (Å²) in [5, 5.41) is 8.98. The van der Waals surface area contributed by atoms with Gasteiger partial charge in [0.15, 0.2) is 0 Å². The summed E-state index contributed by atoms with van der Waals surface area (Å²) in [5.41, 5.74) is -0.0521. The summed E-state index contributed by atoms with van der Waals surface area (Å²) < 4.78 is 0. The Morgan fingerprint density at radius 3 is 1.70 bits per heavy atom. The van der Waals surface area contributed by atoms with Gasteiger partial charge in [-0.15, -0.1) is 0 Å². The molecule has 2 heteroatoms. The zero-order chi connectivity index (χ0) is 8.20. The first-order valence-electron chi connectivity index (χ1n) is 3.94. The van der Waals surface area contributed by atoms with Gasteiger partial charge in [-0.2, -0.15) is 0 Å². The molecule has 0 radical (unpaired) electrons. The number of nitrogens with zero attached hydrogens (tertiary/aromatic N) is 1. The van der Waals surface area contributed by atoms with Crippen molar-refractivity contribution in [3.8, 4) is 0 Å². The Morgan fingerprint density at radius 1 is 1.20 bits per heavy atom. The maximum atomic E-state index is 8.98. The number of hydrogen-bond donors (Lipinski definition) is 1. The first kappa shape index (κ1) is 9.92. The quantitative estimate of drug-likeness (QED) is 0.640. The van der Waals surface area contributed by atoms with Gasteiger partial charge in [0.05, 0.1) is 6.61 Å². The lowest BCUT2D eigenvalue weighted by Gasteiger charge is -2.35. The highest BCUT2D eigenvalue weighted by molar-refractivity contribution is 4.78. The SMILES string of the molecule is CCN(CC)C(C)(C)CO. The van der Waals surface area contributed by atoms with Gasteiger partial charge in [-0.3, -0.25) is 4.90 Å². The molecule has 10 heavy (non-hydrogen) atoms. The van der Waals surface area contributed by atoms with E-state index < -0.39 is 0 Å². The van der Waals surface area contributed by atoms with E-state index in [2.05, 4.69) is 32.6 Å². The van der Waals surface area contributed by atoms with Crippen LogP contribution in [0.1, 0.15) is 27.7 Å². The van der Waals surface area contributed by atoms with Crippen LogP contribution in [0, 0.1) is 0 Å². The van der Waals surface area contributed by atoms with Crippen molar-refractivity contribution in [3.05, 3.63) is 0 Å². The predicted octanol–water partition coefficient (Wildman–Crippen LogP) is 1.10. The minimum atomic E-state index is -0.0521. The second-order valence-corrected chi connectivity index (χ2v) is 3.14. The molecule has 0 saturated carbocycles. The summed E-state index contributed by atoms with van der Waals surface area (Å²) in [4.78, 5) is 2.24. The average molecular weight is 145 g/mol. The number of likely N-dealkylation sites (N-methyl/N-ethyl adjacent to an activating group) is 1. The van der Waals surface area contributed by atoms with E-state index in [-0.39, 0.29) is 12.1 Å². The van der Waals surface area contributed by atoms with E-state index in [0.29, 0.717) is 0 Å². The van der Waals surface area contributed by atoms with Crippen molar-refractivity contribution in [2.75, 3.05) is 19.7 Å². The fourth-order valence-corrected chi connectivity index (χ4v) is 1.18. The third-order valence-electron chi connectivity index (χ3n) is 2.01. The Bertz CT molecular complexity index is 87.3. The molecule has 0 amide bonds. The lowest BCUT2D eigenvalue weighted by Crippen LogP contribution is -2.46.